The number of fused-ring (bicyclic) bond motifs is 1. The van der Waals surface area contributed by atoms with E-state index in [0.29, 0.717) is 6.54 Å². The maximum absolute atomic E-state index is 5.60. The molecule has 0 saturated carbocycles. The summed E-state index contributed by atoms with van der Waals surface area (Å²) in [7, 11) is 3.34. The lowest BCUT2D eigenvalue weighted by atomic mass is 9.98. The third kappa shape index (κ3) is 3.08. The van der Waals surface area contributed by atoms with Crippen molar-refractivity contribution in [1.29, 1.82) is 0 Å². The molecule has 1 aromatic carbocycles. The minimum atomic E-state index is 0.551. The topological polar surface area (TPSA) is 47.7 Å². The van der Waals surface area contributed by atoms with Gasteiger partial charge >= 0.3 is 0 Å². The summed E-state index contributed by atoms with van der Waals surface area (Å²) >= 11 is 0. The van der Waals surface area contributed by atoms with E-state index in [2.05, 4.69) is 23.6 Å². The Balaban J connectivity index is 2.18. The van der Waals surface area contributed by atoms with Crippen molar-refractivity contribution >= 4 is 0 Å². The van der Waals surface area contributed by atoms with E-state index in [0.717, 1.165) is 43.1 Å². The Morgan fingerprint density at radius 2 is 1.89 bits per heavy atom. The Morgan fingerprint density at radius 1 is 1.26 bits per heavy atom. The first-order valence-corrected chi connectivity index (χ1v) is 6.50. The van der Waals surface area contributed by atoms with Gasteiger partial charge in [0.15, 0.2) is 11.5 Å². The van der Waals surface area contributed by atoms with Crippen LogP contribution in [0.25, 0.3) is 0 Å². The lowest BCUT2D eigenvalue weighted by molar-refractivity contribution is 0.273. The van der Waals surface area contributed by atoms with Crippen LogP contribution in [0.1, 0.15) is 11.1 Å². The highest BCUT2D eigenvalue weighted by Gasteiger charge is 2.19. The van der Waals surface area contributed by atoms with Gasteiger partial charge in [0.05, 0.1) is 14.2 Å². The number of ether oxygens (including phenoxy) is 2. The Labute approximate surface area is 114 Å². The van der Waals surface area contributed by atoms with Crippen molar-refractivity contribution in [3.63, 3.8) is 0 Å². The van der Waals surface area contributed by atoms with Crippen LogP contribution in [0.15, 0.2) is 24.3 Å². The fourth-order valence-electron chi connectivity index (χ4n) is 2.46. The number of hydrogen-bond acceptors (Lipinski definition) is 4. The summed E-state index contributed by atoms with van der Waals surface area (Å²) in [6.07, 6.45) is 1.02. The van der Waals surface area contributed by atoms with Crippen LogP contribution in [0.3, 0.4) is 0 Å². The smallest absolute Gasteiger partial charge is 0.161 e. The summed E-state index contributed by atoms with van der Waals surface area (Å²) in [5.74, 6) is 1.60. The average Bonchev–Trinajstić information content (AvgIpc) is 2.45. The van der Waals surface area contributed by atoms with Gasteiger partial charge in [-0.3, -0.25) is 4.90 Å². The molecule has 0 aromatic heterocycles. The van der Waals surface area contributed by atoms with Gasteiger partial charge in [-0.2, -0.15) is 0 Å². The Kier molecular flexibility index (Phi) is 4.45. The van der Waals surface area contributed by atoms with Crippen molar-refractivity contribution in [3.05, 3.63) is 35.4 Å². The summed E-state index contributed by atoms with van der Waals surface area (Å²) in [6.45, 7) is 7.33. The molecule has 2 rings (SSSR count). The Hall–Kier alpha value is -1.52. The number of hydrogen-bond donors (Lipinski definition) is 1. The van der Waals surface area contributed by atoms with E-state index >= 15 is 0 Å². The number of rotatable bonds is 5. The summed E-state index contributed by atoms with van der Waals surface area (Å²) in [6, 6.07) is 4.16. The predicted molar refractivity (Wildman–Crippen MR) is 76.7 cm³/mol. The molecule has 1 aromatic rings. The zero-order chi connectivity index (χ0) is 13.8. The van der Waals surface area contributed by atoms with Gasteiger partial charge < -0.3 is 15.2 Å². The minimum Gasteiger partial charge on any atom is -0.493 e. The number of methoxy groups -OCH3 is 2. The zero-order valence-electron chi connectivity index (χ0n) is 11.7. The SMILES string of the molecule is C=C(CN)CN1CCc2cc(OC)c(OC)cc2C1. The molecule has 19 heavy (non-hydrogen) atoms. The maximum atomic E-state index is 5.60. The van der Waals surface area contributed by atoms with Gasteiger partial charge in [-0.15, -0.1) is 0 Å². The summed E-state index contributed by atoms with van der Waals surface area (Å²) in [5.41, 5.74) is 9.32. The van der Waals surface area contributed by atoms with Crippen molar-refractivity contribution in [3.8, 4) is 11.5 Å². The van der Waals surface area contributed by atoms with Gasteiger partial charge in [-0.05, 0) is 35.3 Å². The molecule has 1 heterocycles. The van der Waals surface area contributed by atoms with Gasteiger partial charge in [0, 0.05) is 26.2 Å². The molecule has 0 aliphatic carbocycles. The molecule has 0 amide bonds. The van der Waals surface area contributed by atoms with Crippen molar-refractivity contribution < 1.29 is 9.47 Å². The second-order valence-electron chi connectivity index (χ2n) is 4.89. The second kappa shape index (κ2) is 6.08. The van der Waals surface area contributed by atoms with Crippen LogP contribution < -0.4 is 15.2 Å². The highest BCUT2D eigenvalue weighted by Crippen LogP contribution is 2.33. The zero-order valence-corrected chi connectivity index (χ0v) is 11.7. The van der Waals surface area contributed by atoms with E-state index in [1.807, 2.05) is 0 Å². The van der Waals surface area contributed by atoms with E-state index in [-0.39, 0.29) is 0 Å². The maximum Gasteiger partial charge on any atom is 0.161 e. The summed E-state index contributed by atoms with van der Waals surface area (Å²) in [4.78, 5) is 2.36. The van der Waals surface area contributed by atoms with Crippen molar-refractivity contribution in [2.24, 2.45) is 5.73 Å². The molecule has 0 fully saturated rings. The first-order chi connectivity index (χ1) is 9.17. The van der Waals surface area contributed by atoms with Crippen LogP contribution in [0.2, 0.25) is 0 Å². The Morgan fingerprint density at radius 3 is 2.47 bits per heavy atom. The molecular weight excluding hydrogens is 240 g/mol. The van der Waals surface area contributed by atoms with Gasteiger partial charge in [0.25, 0.3) is 0 Å². The molecule has 2 N–H and O–H groups in total. The molecule has 0 saturated heterocycles. The largest absolute Gasteiger partial charge is 0.493 e. The van der Waals surface area contributed by atoms with Crippen molar-refractivity contribution in [2.75, 3.05) is 33.9 Å². The van der Waals surface area contributed by atoms with E-state index in [9.17, 15) is 0 Å². The van der Waals surface area contributed by atoms with Crippen LogP contribution in [0, 0.1) is 0 Å². The van der Waals surface area contributed by atoms with Crippen LogP contribution in [-0.2, 0) is 13.0 Å². The molecular formula is C15H22N2O2. The van der Waals surface area contributed by atoms with E-state index < -0.39 is 0 Å². The van der Waals surface area contributed by atoms with Crippen LogP contribution in [-0.4, -0.2) is 38.8 Å². The molecule has 0 unspecified atom stereocenters. The third-order valence-corrected chi connectivity index (χ3v) is 3.53. The predicted octanol–water partition coefficient (Wildman–Crippen LogP) is 1.58. The molecule has 1 aliphatic rings. The van der Waals surface area contributed by atoms with E-state index in [4.69, 9.17) is 15.2 Å². The quantitative estimate of drug-likeness (QED) is 0.818. The first kappa shape index (κ1) is 13.9. The normalized spacial score (nSPS) is 14.9. The van der Waals surface area contributed by atoms with Crippen LogP contribution in [0.5, 0.6) is 11.5 Å². The molecule has 0 spiro atoms. The molecule has 104 valence electrons. The summed E-state index contributed by atoms with van der Waals surface area (Å²) < 4.78 is 10.7. The number of nitrogens with two attached hydrogens (primary N) is 1. The molecule has 0 bridgehead atoms. The molecule has 1 aliphatic heterocycles. The number of nitrogens with zero attached hydrogens (tertiary/aromatic N) is 1. The third-order valence-electron chi connectivity index (χ3n) is 3.53. The molecule has 4 heteroatoms. The van der Waals surface area contributed by atoms with Crippen molar-refractivity contribution in [1.82, 2.24) is 4.90 Å². The van der Waals surface area contributed by atoms with Crippen LogP contribution >= 0.6 is 0 Å². The van der Waals surface area contributed by atoms with Crippen molar-refractivity contribution in [2.45, 2.75) is 13.0 Å². The monoisotopic (exact) mass is 262 g/mol. The van der Waals surface area contributed by atoms with Crippen LogP contribution in [0.4, 0.5) is 0 Å². The van der Waals surface area contributed by atoms with E-state index in [1.54, 1.807) is 14.2 Å². The van der Waals surface area contributed by atoms with Gasteiger partial charge in [-0.25, -0.2) is 0 Å². The minimum absolute atomic E-state index is 0.551. The highest BCUT2D eigenvalue weighted by molar-refractivity contribution is 5.48. The lowest BCUT2D eigenvalue weighted by Gasteiger charge is -2.29. The highest BCUT2D eigenvalue weighted by atomic mass is 16.5. The van der Waals surface area contributed by atoms with E-state index in [1.165, 1.54) is 11.1 Å². The van der Waals surface area contributed by atoms with Gasteiger partial charge in [0.2, 0.25) is 0 Å². The standard InChI is InChI=1S/C15H22N2O2/c1-11(8-16)9-17-5-4-12-6-14(18-2)15(19-3)7-13(12)10-17/h6-7H,1,4-5,8-10,16H2,2-3H3. The molecule has 0 radical (unpaired) electrons. The van der Waals surface area contributed by atoms with Gasteiger partial charge in [-0.1, -0.05) is 6.58 Å². The lowest BCUT2D eigenvalue weighted by Crippen LogP contribution is -2.33. The fraction of sp³-hybridized carbons (Fsp3) is 0.467. The number of benzene rings is 1. The average molecular weight is 262 g/mol. The van der Waals surface area contributed by atoms with Gasteiger partial charge in [0.1, 0.15) is 0 Å². The summed E-state index contributed by atoms with van der Waals surface area (Å²) in [5, 5.41) is 0. The second-order valence-corrected chi connectivity index (χ2v) is 4.89. The molecule has 0 atom stereocenters. The molecule has 4 nitrogen and oxygen atoms in total. The fourth-order valence-corrected chi connectivity index (χ4v) is 2.46. The Bertz CT molecular complexity index is 471. The first-order valence-electron chi connectivity index (χ1n) is 6.50.